The quantitative estimate of drug-likeness (QED) is 0.548. The highest BCUT2D eigenvalue weighted by molar-refractivity contribution is 6.28. The molecular formula is C13H16ClN5O3. The highest BCUT2D eigenvalue weighted by Crippen LogP contribution is 2.73. The normalized spacial score (nSPS) is 40.1. The van der Waals surface area contributed by atoms with Crippen LogP contribution in [0.2, 0.25) is 5.28 Å². The minimum atomic E-state index is -1.03. The number of aliphatic hydroxyl groups excluding tert-OH is 3. The van der Waals surface area contributed by atoms with Crippen molar-refractivity contribution in [3.63, 3.8) is 0 Å². The largest absolute Gasteiger partial charge is 0.396 e. The summed E-state index contributed by atoms with van der Waals surface area (Å²) < 4.78 is 1.72. The Morgan fingerprint density at radius 1 is 1.45 bits per heavy atom. The molecule has 2 aliphatic rings. The van der Waals surface area contributed by atoms with Gasteiger partial charge in [0.15, 0.2) is 11.5 Å². The first kappa shape index (κ1) is 14.1. The average Bonchev–Trinajstić information content (AvgIpc) is 2.80. The number of imidazole rings is 1. The molecule has 2 heterocycles. The maximum Gasteiger partial charge on any atom is 0.226 e. The van der Waals surface area contributed by atoms with Gasteiger partial charge >= 0.3 is 0 Å². The number of nitrogen functional groups attached to an aromatic ring is 1. The van der Waals surface area contributed by atoms with Crippen LogP contribution in [0.4, 0.5) is 5.82 Å². The van der Waals surface area contributed by atoms with Crippen LogP contribution in [0, 0.1) is 11.3 Å². The van der Waals surface area contributed by atoms with E-state index in [-0.39, 0.29) is 17.7 Å². The molecule has 2 aliphatic carbocycles. The number of halogens is 1. The number of fused-ring (bicyclic) bond motifs is 2. The third kappa shape index (κ3) is 1.37. The SMILES string of the molecule is CC12CC1(n1cnc3c(N)nc(Cl)nc31)C(O)C(O)C2CO. The standard InChI is InChI=1S/C13H16ClN5O3/c1-12-3-13(12,8(22)7(21)5(12)2-20)19-4-16-6-9(15)17-11(14)18-10(6)19/h4-5,7-8,20-22H,2-3H2,1H3,(H2,15,17,18). The van der Waals surface area contributed by atoms with Crippen LogP contribution < -0.4 is 5.73 Å². The van der Waals surface area contributed by atoms with E-state index in [1.807, 2.05) is 6.92 Å². The Kier molecular flexibility index (Phi) is 2.62. The van der Waals surface area contributed by atoms with Gasteiger partial charge in [0.05, 0.1) is 18.0 Å². The first-order valence-corrected chi connectivity index (χ1v) is 7.38. The van der Waals surface area contributed by atoms with E-state index < -0.39 is 29.1 Å². The smallest absolute Gasteiger partial charge is 0.226 e. The molecule has 5 atom stereocenters. The van der Waals surface area contributed by atoms with E-state index in [9.17, 15) is 15.3 Å². The summed E-state index contributed by atoms with van der Waals surface area (Å²) in [6.45, 7) is 1.74. The van der Waals surface area contributed by atoms with Gasteiger partial charge in [-0.25, -0.2) is 4.98 Å². The number of anilines is 1. The number of rotatable bonds is 2. The van der Waals surface area contributed by atoms with Crippen LogP contribution in [0.1, 0.15) is 13.3 Å². The van der Waals surface area contributed by atoms with Gasteiger partial charge < -0.3 is 25.6 Å². The van der Waals surface area contributed by atoms with E-state index >= 15 is 0 Å². The summed E-state index contributed by atoms with van der Waals surface area (Å²) in [5, 5.41) is 30.4. The second-order valence-corrected chi connectivity index (χ2v) is 6.75. The molecule has 5 N–H and O–H groups in total. The van der Waals surface area contributed by atoms with Gasteiger partial charge in [-0.2, -0.15) is 9.97 Å². The van der Waals surface area contributed by atoms with E-state index in [1.165, 1.54) is 6.33 Å². The Hall–Kier alpha value is -1.48. The molecule has 118 valence electrons. The van der Waals surface area contributed by atoms with Crippen molar-refractivity contribution < 1.29 is 15.3 Å². The molecule has 2 aromatic rings. The number of aliphatic hydroxyl groups is 3. The lowest BCUT2D eigenvalue weighted by molar-refractivity contribution is -0.0295. The van der Waals surface area contributed by atoms with Crippen LogP contribution in [0.3, 0.4) is 0 Å². The highest BCUT2D eigenvalue weighted by atomic mass is 35.5. The molecule has 0 aromatic carbocycles. The molecule has 0 saturated heterocycles. The van der Waals surface area contributed by atoms with Gasteiger partial charge in [0, 0.05) is 17.9 Å². The molecule has 22 heavy (non-hydrogen) atoms. The Labute approximate surface area is 130 Å². The maximum atomic E-state index is 10.6. The van der Waals surface area contributed by atoms with Crippen LogP contribution in [-0.4, -0.2) is 53.7 Å². The van der Waals surface area contributed by atoms with Crippen LogP contribution in [0.5, 0.6) is 0 Å². The monoisotopic (exact) mass is 325 g/mol. The molecule has 0 bridgehead atoms. The van der Waals surface area contributed by atoms with Crippen LogP contribution >= 0.6 is 11.6 Å². The average molecular weight is 326 g/mol. The summed E-state index contributed by atoms with van der Waals surface area (Å²) in [6, 6.07) is 0. The van der Waals surface area contributed by atoms with Crippen molar-refractivity contribution in [1.82, 2.24) is 19.5 Å². The molecule has 2 aromatic heterocycles. The molecule has 0 aliphatic heterocycles. The van der Waals surface area contributed by atoms with Crippen molar-refractivity contribution in [2.45, 2.75) is 31.1 Å². The zero-order valence-corrected chi connectivity index (χ0v) is 12.6. The predicted octanol–water partition coefficient (Wildman–Crippen LogP) is -0.489. The number of aromatic nitrogens is 4. The summed E-state index contributed by atoms with van der Waals surface area (Å²) in [5.74, 6) is -0.242. The van der Waals surface area contributed by atoms with E-state index in [4.69, 9.17) is 17.3 Å². The summed E-state index contributed by atoms with van der Waals surface area (Å²) in [5.41, 5.74) is 5.43. The Bertz CT molecular complexity index is 782. The summed E-state index contributed by atoms with van der Waals surface area (Å²) >= 11 is 5.88. The van der Waals surface area contributed by atoms with Crippen molar-refractivity contribution in [3.8, 4) is 0 Å². The molecule has 2 saturated carbocycles. The lowest BCUT2D eigenvalue weighted by Gasteiger charge is -2.23. The van der Waals surface area contributed by atoms with Crippen molar-refractivity contribution in [1.29, 1.82) is 0 Å². The summed E-state index contributed by atoms with van der Waals surface area (Å²) in [4.78, 5) is 12.3. The molecule has 2 fully saturated rings. The fraction of sp³-hybridized carbons (Fsp3) is 0.615. The van der Waals surface area contributed by atoms with Crippen molar-refractivity contribution in [2.75, 3.05) is 12.3 Å². The van der Waals surface area contributed by atoms with Gasteiger partial charge in [-0.15, -0.1) is 0 Å². The van der Waals surface area contributed by atoms with E-state index in [0.717, 1.165) is 0 Å². The third-order valence-corrected chi connectivity index (χ3v) is 5.74. The maximum absolute atomic E-state index is 10.6. The fourth-order valence-corrected chi connectivity index (χ4v) is 4.46. The molecule has 5 unspecified atom stereocenters. The Morgan fingerprint density at radius 2 is 2.18 bits per heavy atom. The Morgan fingerprint density at radius 3 is 2.82 bits per heavy atom. The van der Waals surface area contributed by atoms with Gasteiger partial charge in [0.1, 0.15) is 11.6 Å². The zero-order chi connectivity index (χ0) is 15.9. The molecule has 4 rings (SSSR count). The lowest BCUT2D eigenvalue weighted by atomic mass is 9.91. The second kappa shape index (κ2) is 4.08. The molecule has 0 amide bonds. The minimum absolute atomic E-state index is 0.00255. The molecule has 0 radical (unpaired) electrons. The highest BCUT2D eigenvalue weighted by Gasteiger charge is 2.80. The van der Waals surface area contributed by atoms with Crippen LogP contribution in [-0.2, 0) is 5.54 Å². The van der Waals surface area contributed by atoms with Crippen molar-refractivity contribution >= 4 is 28.6 Å². The number of nitrogens with zero attached hydrogens (tertiary/aromatic N) is 4. The predicted molar refractivity (Wildman–Crippen MR) is 78.0 cm³/mol. The lowest BCUT2D eigenvalue weighted by Crippen LogP contribution is -2.38. The van der Waals surface area contributed by atoms with E-state index in [2.05, 4.69) is 15.0 Å². The van der Waals surface area contributed by atoms with Gasteiger partial charge in [-0.3, -0.25) is 0 Å². The summed E-state index contributed by atoms with van der Waals surface area (Å²) in [6.07, 6.45) is 0.113. The van der Waals surface area contributed by atoms with E-state index in [0.29, 0.717) is 17.6 Å². The van der Waals surface area contributed by atoms with Crippen LogP contribution in [0.15, 0.2) is 6.33 Å². The molecule has 8 nitrogen and oxygen atoms in total. The van der Waals surface area contributed by atoms with Gasteiger partial charge in [0.25, 0.3) is 0 Å². The van der Waals surface area contributed by atoms with Gasteiger partial charge in [0.2, 0.25) is 5.28 Å². The minimum Gasteiger partial charge on any atom is -0.396 e. The first-order chi connectivity index (χ1) is 10.4. The number of hydrogen-bond acceptors (Lipinski definition) is 7. The van der Waals surface area contributed by atoms with Gasteiger partial charge in [-0.1, -0.05) is 6.92 Å². The van der Waals surface area contributed by atoms with Crippen LogP contribution in [0.25, 0.3) is 11.2 Å². The molecule has 0 spiro atoms. The summed E-state index contributed by atoms with van der Waals surface area (Å²) in [7, 11) is 0. The Balaban J connectivity index is 1.94. The zero-order valence-electron chi connectivity index (χ0n) is 11.8. The van der Waals surface area contributed by atoms with Gasteiger partial charge in [-0.05, 0) is 18.0 Å². The second-order valence-electron chi connectivity index (χ2n) is 6.41. The molecule has 9 heteroatoms. The number of hydrogen-bond donors (Lipinski definition) is 4. The number of nitrogens with two attached hydrogens (primary N) is 1. The van der Waals surface area contributed by atoms with E-state index in [1.54, 1.807) is 4.57 Å². The third-order valence-electron chi connectivity index (χ3n) is 5.57. The topological polar surface area (TPSA) is 130 Å². The van der Waals surface area contributed by atoms with Crippen molar-refractivity contribution in [3.05, 3.63) is 11.6 Å². The molecular weight excluding hydrogens is 310 g/mol. The fourth-order valence-electron chi connectivity index (χ4n) is 4.29. The first-order valence-electron chi connectivity index (χ1n) is 7.00. The van der Waals surface area contributed by atoms with Crippen molar-refractivity contribution in [2.24, 2.45) is 11.3 Å².